The zero-order valence-corrected chi connectivity index (χ0v) is 11.3. The van der Waals surface area contributed by atoms with Crippen LogP contribution in [0.5, 0.6) is 5.75 Å². The maximum absolute atomic E-state index is 9.69. The van der Waals surface area contributed by atoms with Gasteiger partial charge in [-0.2, -0.15) is 0 Å². The van der Waals surface area contributed by atoms with Gasteiger partial charge >= 0.3 is 0 Å². The number of aromatic hydroxyl groups is 1. The quantitative estimate of drug-likeness (QED) is 0.767. The Kier molecular flexibility index (Phi) is 3.76. The van der Waals surface area contributed by atoms with Gasteiger partial charge in [-0.25, -0.2) is 0 Å². The molecule has 0 aliphatic heterocycles. The van der Waals surface area contributed by atoms with Crippen molar-refractivity contribution in [2.45, 2.75) is 63.1 Å². The molecule has 3 rings (SSSR count). The molecule has 1 fully saturated rings. The fraction of sp³-hybridized carbons (Fsp3) is 0.625. The Morgan fingerprint density at radius 3 is 2.63 bits per heavy atom. The van der Waals surface area contributed by atoms with Gasteiger partial charge < -0.3 is 15.5 Å². The maximum Gasteiger partial charge on any atom is 0.115 e. The average Bonchev–Trinajstić information content (AvgIpc) is 2.42. The van der Waals surface area contributed by atoms with E-state index in [0.717, 1.165) is 38.5 Å². The summed E-state index contributed by atoms with van der Waals surface area (Å²) in [4.78, 5) is 0. The highest BCUT2D eigenvalue weighted by atomic mass is 16.3. The van der Waals surface area contributed by atoms with E-state index >= 15 is 0 Å². The van der Waals surface area contributed by atoms with Crippen molar-refractivity contribution in [3.63, 3.8) is 0 Å². The molecule has 3 heteroatoms. The van der Waals surface area contributed by atoms with Gasteiger partial charge in [0.15, 0.2) is 0 Å². The van der Waals surface area contributed by atoms with Crippen LogP contribution in [0.25, 0.3) is 0 Å². The molecule has 1 aromatic rings. The summed E-state index contributed by atoms with van der Waals surface area (Å²) in [5, 5.41) is 23.0. The minimum Gasteiger partial charge on any atom is -0.508 e. The lowest BCUT2D eigenvalue weighted by Crippen LogP contribution is -2.38. The molecule has 104 valence electrons. The van der Waals surface area contributed by atoms with Crippen molar-refractivity contribution < 1.29 is 10.2 Å². The number of fused-ring (bicyclic) bond motifs is 1. The van der Waals surface area contributed by atoms with Crippen LogP contribution >= 0.6 is 0 Å². The summed E-state index contributed by atoms with van der Waals surface area (Å²) < 4.78 is 0. The van der Waals surface area contributed by atoms with Crippen molar-refractivity contribution in [1.82, 2.24) is 5.32 Å². The van der Waals surface area contributed by atoms with Gasteiger partial charge in [-0.05, 0) is 68.2 Å². The summed E-state index contributed by atoms with van der Waals surface area (Å²) in [7, 11) is 0. The zero-order chi connectivity index (χ0) is 13.2. The van der Waals surface area contributed by atoms with Gasteiger partial charge in [0, 0.05) is 12.1 Å². The standard InChI is InChI=1S/C16H23NO2/c18-13-8-5-12(6-9-13)17-16-3-1-2-11-4-7-14(19)10-15(11)16/h4,7,10,12-13,16-19H,1-3,5-6,8-9H2. The Labute approximate surface area is 114 Å². The molecule has 1 aromatic carbocycles. The number of hydrogen-bond donors (Lipinski definition) is 3. The second-order valence-electron chi connectivity index (χ2n) is 6.00. The van der Waals surface area contributed by atoms with Crippen LogP contribution in [-0.2, 0) is 6.42 Å². The summed E-state index contributed by atoms with van der Waals surface area (Å²) in [5.41, 5.74) is 2.65. The molecule has 2 aliphatic carbocycles. The van der Waals surface area contributed by atoms with E-state index in [1.807, 2.05) is 6.07 Å². The summed E-state index contributed by atoms with van der Waals surface area (Å²) in [5.74, 6) is 0.367. The van der Waals surface area contributed by atoms with Crippen LogP contribution < -0.4 is 5.32 Å². The van der Waals surface area contributed by atoms with Gasteiger partial charge in [0.1, 0.15) is 5.75 Å². The van der Waals surface area contributed by atoms with E-state index in [1.54, 1.807) is 6.07 Å². The second-order valence-corrected chi connectivity index (χ2v) is 6.00. The number of phenols is 1. The van der Waals surface area contributed by atoms with Crippen molar-refractivity contribution in [2.75, 3.05) is 0 Å². The van der Waals surface area contributed by atoms with Gasteiger partial charge in [-0.15, -0.1) is 0 Å². The smallest absolute Gasteiger partial charge is 0.115 e. The molecule has 1 saturated carbocycles. The third kappa shape index (κ3) is 2.93. The van der Waals surface area contributed by atoms with E-state index in [0.29, 0.717) is 17.8 Å². The molecule has 3 nitrogen and oxygen atoms in total. The molecule has 1 atom stereocenters. The zero-order valence-electron chi connectivity index (χ0n) is 11.3. The fourth-order valence-corrected chi connectivity index (χ4v) is 3.49. The molecule has 0 amide bonds. The van der Waals surface area contributed by atoms with Crippen molar-refractivity contribution in [1.29, 1.82) is 0 Å². The van der Waals surface area contributed by atoms with E-state index in [1.165, 1.54) is 17.5 Å². The lowest BCUT2D eigenvalue weighted by atomic mass is 9.85. The molecule has 2 aliphatic rings. The van der Waals surface area contributed by atoms with Crippen LogP contribution in [-0.4, -0.2) is 22.4 Å². The molecule has 0 aromatic heterocycles. The number of benzene rings is 1. The minimum atomic E-state index is -0.0965. The second kappa shape index (κ2) is 5.51. The first-order valence-corrected chi connectivity index (χ1v) is 7.48. The summed E-state index contributed by atoms with van der Waals surface area (Å²) in [6.45, 7) is 0. The Balaban J connectivity index is 1.71. The van der Waals surface area contributed by atoms with Gasteiger partial charge in [-0.3, -0.25) is 0 Å². The summed E-state index contributed by atoms with van der Waals surface area (Å²) >= 11 is 0. The Morgan fingerprint density at radius 1 is 1.05 bits per heavy atom. The maximum atomic E-state index is 9.69. The van der Waals surface area contributed by atoms with Crippen LogP contribution in [0, 0.1) is 0 Å². The van der Waals surface area contributed by atoms with Crippen molar-refractivity contribution in [3.05, 3.63) is 29.3 Å². The number of nitrogens with one attached hydrogen (secondary N) is 1. The molecule has 0 radical (unpaired) electrons. The monoisotopic (exact) mass is 261 g/mol. The van der Waals surface area contributed by atoms with Crippen molar-refractivity contribution in [2.24, 2.45) is 0 Å². The van der Waals surface area contributed by atoms with E-state index in [-0.39, 0.29) is 6.10 Å². The minimum absolute atomic E-state index is 0.0965. The van der Waals surface area contributed by atoms with Crippen LogP contribution in [0.4, 0.5) is 0 Å². The fourth-order valence-electron chi connectivity index (χ4n) is 3.49. The number of aliphatic hydroxyl groups excluding tert-OH is 1. The molecular weight excluding hydrogens is 238 g/mol. The first-order chi connectivity index (χ1) is 9.22. The van der Waals surface area contributed by atoms with Crippen LogP contribution in [0.1, 0.15) is 55.7 Å². The van der Waals surface area contributed by atoms with E-state index in [2.05, 4.69) is 11.4 Å². The highest BCUT2D eigenvalue weighted by molar-refractivity contribution is 5.38. The predicted molar refractivity (Wildman–Crippen MR) is 75.2 cm³/mol. The molecule has 1 unspecified atom stereocenters. The lowest BCUT2D eigenvalue weighted by molar-refractivity contribution is 0.113. The average molecular weight is 261 g/mol. The molecule has 0 heterocycles. The van der Waals surface area contributed by atoms with Crippen molar-refractivity contribution >= 4 is 0 Å². The Morgan fingerprint density at radius 2 is 1.84 bits per heavy atom. The van der Waals surface area contributed by atoms with Crippen LogP contribution in [0.3, 0.4) is 0 Å². The largest absolute Gasteiger partial charge is 0.508 e. The van der Waals surface area contributed by atoms with Gasteiger partial charge in [0.25, 0.3) is 0 Å². The summed E-state index contributed by atoms with van der Waals surface area (Å²) in [6, 6.07) is 6.66. The molecule has 0 spiro atoms. The highest BCUT2D eigenvalue weighted by Crippen LogP contribution is 2.33. The highest BCUT2D eigenvalue weighted by Gasteiger charge is 2.25. The van der Waals surface area contributed by atoms with Crippen LogP contribution in [0.2, 0.25) is 0 Å². The molecule has 19 heavy (non-hydrogen) atoms. The van der Waals surface area contributed by atoms with E-state index < -0.39 is 0 Å². The first-order valence-electron chi connectivity index (χ1n) is 7.48. The molecule has 0 saturated heterocycles. The third-order valence-electron chi connectivity index (χ3n) is 4.58. The SMILES string of the molecule is Oc1ccc2c(c1)C(NC1CCC(O)CC1)CCC2. The van der Waals surface area contributed by atoms with Gasteiger partial charge in [-0.1, -0.05) is 6.07 Å². The van der Waals surface area contributed by atoms with Gasteiger partial charge in [0.05, 0.1) is 6.10 Å². The Hall–Kier alpha value is -1.06. The number of phenolic OH excluding ortho intramolecular Hbond substituents is 1. The van der Waals surface area contributed by atoms with E-state index in [4.69, 9.17) is 0 Å². The lowest BCUT2D eigenvalue weighted by Gasteiger charge is -2.33. The number of aryl methyl sites for hydroxylation is 1. The van der Waals surface area contributed by atoms with E-state index in [9.17, 15) is 10.2 Å². The molecule has 3 N–H and O–H groups in total. The number of rotatable bonds is 2. The third-order valence-corrected chi connectivity index (χ3v) is 4.58. The molecule has 0 bridgehead atoms. The topological polar surface area (TPSA) is 52.5 Å². The molecular formula is C16H23NO2. The first kappa shape index (κ1) is 12.9. The Bertz CT molecular complexity index is 438. The van der Waals surface area contributed by atoms with Crippen molar-refractivity contribution in [3.8, 4) is 5.75 Å². The normalized spacial score (nSPS) is 30.9. The summed E-state index contributed by atoms with van der Waals surface area (Å²) in [6.07, 6.45) is 7.34. The number of aliphatic hydroxyl groups is 1. The van der Waals surface area contributed by atoms with Crippen LogP contribution in [0.15, 0.2) is 18.2 Å². The predicted octanol–water partition coefficient (Wildman–Crippen LogP) is 2.66. The number of hydrogen-bond acceptors (Lipinski definition) is 3. The van der Waals surface area contributed by atoms with Gasteiger partial charge in [0.2, 0.25) is 0 Å².